The zero-order valence-corrected chi connectivity index (χ0v) is 14.8. The molecule has 0 saturated heterocycles. The monoisotopic (exact) mass is 375 g/mol. The van der Waals surface area contributed by atoms with Gasteiger partial charge in [-0.05, 0) is 42.0 Å². The number of rotatable bonds is 6. The quantitative estimate of drug-likeness (QED) is 0.543. The van der Waals surface area contributed by atoms with E-state index in [2.05, 4.69) is 5.32 Å². The molecule has 0 amide bonds. The molecular formula is C20H16Cl2FNO. The lowest BCUT2D eigenvalue weighted by atomic mass is 10.2. The minimum Gasteiger partial charge on any atom is -0.489 e. The van der Waals surface area contributed by atoms with Gasteiger partial charge in [-0.25, -0.2) is 4.39 Å². The van der Waals surface area contributed by atoms with E-state index in [0.29, 0.717) is 23.2 Å². The molecule has 0 heterocycles. The summed E-state index contributed by atoms with van der Waals surface area (Å²) < 4.78 is 18.9. The summed E-state index contributed by atoms with van der Waals surface area (Å²) in [6, 6.07) is 19.3. The van der Waals surface area contributed by atoms with Gasteiger partial charge in [0, 0.05) is 17.1 Å². The van der Waals surface area contributed by atoms with Crippen LogP contribution in [0.3, 0.4) is 0 Å². The highest BCUT2D eigenvalue weighted by Gasteiger charge is 2.06. The molecule has 0 saturated carbocycles. The number of halogens is 3. The first-order chi connectivity index (χ1) is 12.1. The Labute approximate surface area is 156 Å². The van der Waals surface area contributed by atoms with E-state index in [9.17, 15) is 4.39 Å². The zero-order chi connectivity index (χ0) is 17.6. The summed E-state index contributed by atoms with van der Waals surface area (Å²) in [6.45, 7) is 0.912. The standard InChI is InChI=1S/C20H16Cl2FNO/c21-16-7-10-18(22)19(11-16)24-12-15-3-1-2-4-20(15)25-13-14-5-8-17(23)9-6-14/h1-11,24H,12-13H2. The summed E-state index contributed by atoms with van der Waals surface area (Å²) in [5.41, 5.74) is 2.66. The number of benzene rings is 3. The molecule has 0 aliphatic rings. The molecule has 0 bridgehead atoms. The third kappa shape index (κ3) is 4.88. The second kappa shape index (κ2) is 8.24. The largest absolute Gasteiger partial charge is 0.489 e. The molecule has 0 unspecified atom stereocenters. The van der Waals surface area contributed by atoms with Crippen molar-refractivity contribution in [1.82, 2.24) is 0 Å². The minimum atomic E-state index is -0.258. The maximum absolute atomic E-state index is 13.0. The highest BCUT2D eigenvalue weighted by molar-refractivity contribution is 6.35. The average Bonchev–Trinajstić information content (AvgIpc) is 2.63. The van der Waals surface area contributed by atoms with Crippen LogP contribution >= 0.6 is 23.2 Å². The van der Waals surface area contributed by atoms with Crippen LogP contribution in [-0.4, -0.2) is 0 Å². The highest BCUT2D eigenvalue weighted by Crippen LogP contribution is 2.27. The van der Waals surface area contributed by atoms with E-state index in [-0.39, 0.29) is 5.82 Å². The molecule has 0 aliphatic carbocycles. The van der Waals surface area contributed by atoms with Crippen LogP contribution in [0.2, 0.25) is 10.0 Å². The van der Waals surface area contributed by atoms with Crippen LogP contribution in [0.25, 0.3) is 0 Å². The summed E-state index contributed by atoms with van der Waals surface area (Å²) in [7, 11) is 0. The van der Waals surface area contributed by atoms with E-state index in [0.717, 1.165) is 22.6 Å². The summed E-state index contributed by atoms with van der Waals surface area (Å²) in [5.74, 6) is 0.504. The molecular weight excluding hydrogens is 360 g/mol. The van der Waals surface area contributed by atoms with E-state index < -0.39 is 0 Å². The summed E-state index contributed by atoms with van der Waals surface area (Å²) in [4.78, 5) is 0. The van der Waals surface area contributed by atoms with Crippen LogP contribution in [0, 0.1) is 5.82 Å². The molecule has 5 heteroatoms. The third-order valence-corrected chi connectivity index (χ3v) is 4.24. The Hall–Kier alpha value is -2.23. The molecule has 0 atom stereocenters. The van der Waals surface area contributed by atoms with Gasteiger partial charge in [0.15, 0.2) is 0 Å². The topological polar surface area (TPSA) is 21.3 Å². The lowest BCUT2D eigenvalue weighted by Crippen LogP contribution is -2.04. The van der Waals surface area contributed by atoms with Gasteiger partial charge in [-0.2, -0.15) is 0 Å². The lowest BCUT2D eigenvalue weighted by Gasteiger charge is -2.14. The Kier molecular flexibility index (Phi) is 5.79. The number of ether oxygens (including phenoxy) is 1. The first-order valence-electron chi connectivity index (χ1n) is 7.76. The first-order valence-corrected chi connectivity index (χ1v) is 8.51. The van der Waals surface area contributed by atoms with E-state index in [4.69, 9.17) is 27.9 Å². The van der Waals surface area contributed by atoms with Crippen molar-refractivity contribution in [3.8, 4) is 5.75 Å². The molecule has 25 heavy (non-hydrogen) atoms. The van der Waals surface area contributed by atoms with Gasteiger partial charge in [-0.3, -0.25) is 0 Å². The SMILES string of the molecule is Fc1ccc(COc2ccccc2CNc2cc(Cl)ccc2Cl)cc1. The zero-order valence-electron chi connectivity index (χ0n) is 13.3. The fourth-order valence-electron chi connectivity index (χ4n) is 2.36. The van der Waals surface area contributed by atoms with E-state index in [1.165, 1.54) is 12.1 Å². The van der Waals surface area contributed by atoms with Gasteiger partial charge >= 0.3 is 0 Å². The normalized spacial score (nSPS) is 10.5. The number of anilines is 1. The number of para-hydroxylation sites is 1. The second-order valence-electron chi connectivity index (χ2n) is 5.50. The van der Waals surface area contributed by atoms with Crippen molar-refractivity contribution < 1.29 is 9.13 Å². The molecule has 0 spiro atoms. The molecule has 0 radical (unpaired) electrons. The van der Waals surface area contributed by atoms with Crippen molar-refractivity contribution in [2.45, 2.75) is 13.2 Å². The van der Waals surface area contributed by atoms with Crippen molar-refractivity contribution >= 4 is 28.9 Å². The van der Waals surface area contributed by atoms with Crippen molar-refractivity contribution in [1.29, 1.82) is 0 Å². The molecule has 2 nitrogen and oxygen atoms in total. The van der Waals surface area contributed by atoms with Crippen LogP contribution in [0.1, 0.15) is 11.1 Å². The van der Waals surface area contributed by atoms with Crippen LogP contribution in [0.5, 0.6) is 5.75 Å². The molecule has 3 aromatic carbocycles. The van der Waals surface area contributed by atoms with E-state index in [1.54, 1.807) is 30.3 Å². The van der Waals surface area contributed by atoms with Gasteiger partial charge in [-0.1, -0.05) is 53.5 Å². The van der Waals surface area contributed by atoms with Crippen molar-refractivity contribution in [2.24, 2.45) is 0 Å². The van der Waals surface area contributed by atoms with Gasteiger partial charge in [0.25, 0.3) is 0 Å². The van der Waals surface area contributed by atoms with Crippen LogP contribution < -0.4 is 10.1 Å². The second-order valence-corrected chi connectivity index (χ2v) is 6.34. The molecule has 128 valence electrons. The Morgan fingerprint density at radius 3 is 2.48 bits per heavy atom. The fraction of sp³-hybridized carbons (Fsp3) is 0.100. The van der Waals surface area contributed by atoms with Gasteiger partial charge < -0.3 is 10.1 Å². The van der Waals surface area contributed by atoms with Crippen LogP contribution in [0.4, 0.5) is 10.1 Å². The lowest BCUT2D eigenvalue weighted by molar-refractivity contribution is 0.303. The van der Waals surface area contributed by atoms with E-state index >= 15 is 0 Å². The molecule has 1 N–H and O–H groups in total. The van der Waals surface area contributed by atoms with Crippen LogP contribution in [-0.2, 0) is 13.2 Å². The predicted octanol–water partition coefficient (Wildman–Crippen LogP) is 6.32. The molecule has 3 aromatic rings. The Balaban J connectivity index is 1.68. The van der Waals surface area contributed by atoms with Gasteiger partial charge in [-0.15, -0.1) is 0 Å². The van der Waals surface area contributed by atoms with Gasteiger partial charge in [0.1, 0.15) is 18.2 Å². The third-order valence-electron chi connectivity index (χ3n) is 3.68. The molecule has 0 aromatic heterocycles. The number of nitrogens with one attached hydrogen (secondary N) is 1. The molecule has 0 aliphatic heterocycles. The summed E-state index contributed by atoms with van der Waals surface area (Å²) in [6.07, 6.45) is 0. The van der Waals surface area contributed by atoms with E-state index in [1.807, 2.05) is 24.3 Å². The number of hydrogen-bond acceptors (Lipinski definition) is 2. The predicted molar refractivity (Wildman–Crippen MR) is 101 cm³/mol. The smallest absolute Gasteiger partial charge is 0.124 e. The summed E-state index contributed by atoms with van der Waals surface area (Å²) >= 11 is 12.2. The van der Waals surface area contributed by atoms with Crippen molar-refractivity contribution in [3.05, 3.63) is 93.7 Å². The maximum Gasteiger partial charge on any atom is 0.124 e. The number of hydrogen-bond donors (Lipinski definition) is 1. The molecule has 3 rings (SSSR count). The van der Waals surface area contributed by atoms with Crippen LogP contribution in [0.15, 0.2) is 66.7 Å². The Morgan fingerprint density at radius 1 is 0.920 bits per heavy atom. The Bertz CT molecular complexity index is 853. The minimum absolute atomic E-state index is 0.258. The fourth-order valence-corrected chi connectivity index (χ4v) is 2.71. The molecule has 0 fully saturated rings. The van der Waals surface area contributed by atoms with Crippen molar-refractivity contribution in [2.75, 3.05) is 5.32 Å². The highest BCUT2D eigenvalue weighted by atomic mass is 35.5. The summed E-state index contributed by atoms with van der Waals surface area (Å²) in [5, 5.41) is 4.49. The van der Waals surface area contributed by atoms with Gasteiger partial charge in [0.05, 0.1) is 10.7 Å². The van der Waals surface area contributed by atoms with Gasteiger partial charge in [0.2, 0.25) is 0 Å². The van der Waals surface area contributed by atoms with Crippen molar-refractivity contribution in [3.63, 3.8) is 0 Å². The maximum atomic E-state index is 13.0. The first kappa shape index (κ1) is 17.6. The average molecular weight is 376 g/mol. The Morgan fingerprint density at radius 2 is 1.68 bits per heavy atom.